The van der Waals surface area contributed by atoms with E-state index in [1.54, 1.807) is 0 Å². The van der Waals surface area contributed by atoms with Crippen molar-refractivity contribution in [2.45, 2.75) is 40.0 Å². The summed E-state index contributed by atoms with van der Waals surface area (Å²) in [7, 11) is 0. The Labute approximate surface area is 87.2 Å². The van der Waals surface area contributed by atoms with Crippen LogP contribution in [0.5, 0.6) is 0 Å². The lowest BCUT2D eigenvalue weighted by Gasteiger charge is -2.07. The molecule has 1 amide bonds. The number of hydrogen-bond donors (Lipinski definition) is 1. The maximum atomic E-state index is 11.2. The minimum absolute atomic E-state index is 0.162. The fourth-order valence-corrected chi connectivity index (χ4v) is 1.04. The Morgan fingerprint density at radius 3 is 2.64 bits per heavy atom. The summed E-state index contributed by atoms with van der Waals surface area (Å²) in [5, 5.41) is 2.89. The third-order valence-corrected chi connectivity index (χ3v) is 1.85. The summed E-state index contributed by atoms with van der Waals surface area (Å²) in [6.45, 7) is 8.48. The molecule has 0 fully saturated rings. The van der Waals surface area contributed by atoms with E-state index >= 15 is 0 Å². The van der Waals surface area contributed by atoms with Crippen LogP contribution < -0.4 is 5.32 Å². The number of nitrogens with one attached hydrogen (secondary N) is 1. The molecule has 0 aromatic heterocycles. The molecule has 0 aromatic rings. The summed E-state index contributed by atoms with van der Waals surface area (Å²) >= 11 is 0. The summed E-state index contributed by atoms with van der Waals surface area (Å²) < 4.78 is 5.18. The largest absolute Gasteiger partial charge is 0.382 e. The van der Waals surface area contributed by atoms with Crippen molar-refractivity contribution in [3.63, 3.8) is 0 Å². The Balaban J connectivity index is 3.18. The minimum Gasteiger partial charge on any atom is -0.382 e. The van der Waals surface area contributed by atoms with Crippen molar-refractivity contribution in [2.24, 2.45) is 5.92 Å². The second-order valence-corrected chi connectivity index (χ2v) is 3.85. The van der Waals surface area contributed by atoms with Crippen LogP contribution in [-0.4, -0.2) is 25.7 Å². The monoisotopic (exact) mass is 201 g/mol. The van der Waals surface area contributed by atoms with Crippen LogP contribution in [0.2, 0.25) is 0 Å². The van der Waals surface area contributed by atoms with Crippen LogP contribution in [-0.2, 0) is 9.53 Å². The Hall–Kier alpha value is -0.570. The van der Waals surface area contributed by atoms with E-state index in [-0.39, 0.29) is 5.91 Å². The van der Waals surface area contributed by atoms with E-state index in [1.165, 1.54) is 0 Å². The van der Waals surface area contributed by atoms with E-state index < -0.39 is 0 Å². The van der Waals surface area contributed by atoms with E-state index in [2.05, 4.69) is 19.2 Å². The number of amides is 1. The molecule has 0 spiro atoms. The molecular weight excluding hydrogens is 178 g/mol. The van der Waals surface area contributed by atoms with Gasteiger partial charge in [0.15, 0.2) is 0 Å². The van der Waals surface area contributed by atoms with Crippen molar-refractivity contribution in [3.8, 4) is 0 Å². The Morgan fingerprint density at radius 2 is 2.07 bits per heavy atom. The molecule has 0 aromatic carbocycles. The highest BCUT2D eigenvalue weighted by Crippen LogP contribution is 1.96. The van der Waals surface area contributed by atoms with Gasteiger partial charge < -0.3 is 10.1 Å². The van der Waals surface area contributed by atoms with E-state index in [4.69, 9.17) is 4.74 Å². The lowest BCUT2D eigenvalue weighted by Crippen LogP contribution is -2.26. The molecule has 0 rings (SSSR count). The fraction of sp³-hybridized carbons (Fsp3) is 0.909. The molecule has 0 bridgehead atoms. The summed E-state index contributed by atoms with van der Waals surface area (Å²) in [5.41, 5.74) is 0. The summed E-state index contributed by atoms with van der Waals surface area (Å²) in [6.07, 6.45) is 2.52. The standard InChI is InChI=1S/C11H23NO2/c1-4-14-8-6-5-7-11(13)12-9-10(2)3/h10H,4-9H2,1-3H3,(H,12,13). The topological polar surface area (TPSA) is 38.3 Å². The highest BCUT2D eigenvalue weighted by Gasteiger charge is 2.01. The first-order chi connectivity index (χ1) is 6.66. The zero-order valence-corrected chi connectivity index (χ0v) is 9.64. The van der Waals surface area contributed by atoms with Crippen LogP contribution in [0.25, 0.3) is 0 Å². The lowest BCUT2D eigenvalue weighted by atomic mass is 10.2. The molecule has 1 N–H and O–H groups in total. The molecule has 3 nitrogen and oxygen atoms in total. The molecule has 0 atom stereocenters. The predicted molar refractivity (Wildman–Crippen MR) is 58.2 cm³/mol. The van der Waals surface area contributed by atoms with Gasteiger partial charge in [0.2, 0.25) is 5.91 Å². The highest BCUT2D eigenvalue weighted by molar-refractivity contribution is 5.75. The Bertz CT molecular complexity index is 146. The zero-order valence-electron chi connectivity index (χ0n) is 9.64. The summed E-state index contributed by atoms with van der Waals surface area (Å²) in [5.74, 6) is 0.692. The van der Waals surface area contributed by atoms with Crippen molar-refractivity contribution in [1.29, 1.82) is 0 Å². The van der Waals surface area contributed by atoms with Gasteiger partial charge in [-0.1, -0.05) is 13.8 Å². The number of carbonyl (C=O) groups excluding carboxylic acids is 1. The number of hydrogen-bond acceptors (Lipinski definition) is 2. The second kappa shape index (κ2) is 9.00. The van der Waals surface area contributed by atoms with Gasteiger partial charge >= 0.3 is 0 Å². The Kier molecular flexibility index (Phi) is 8.64. The maximum absolute atomic E-state index is 11.2. The number of ether oxygens (including phenoxy) is 1. The van der Waals surface area contributed by atoms with Gasteiger partial charge in [0.25, 0.3) is 0 Å². The maximum Gasteiger partial charge on any atom is 0.220 e. The van der Waals surface area contributed by atoms with E-state index in [0.29, 0.717) is 12.3 Å². The van der Waals surface area contributed by atoms with E-state index in [0.717, 1.165) is 32.6 Å². The molecular formula is C11H23NO2. The fourth-order valence-electron chi connectivity index (χ4n) is 1.04. The average molecular weight is 201 g/mol. The minimum atomic E-state index is 0.162. The molecule has 14 heavy (non-hydrogen) atoms. The van der Waals surface area contributed by atoms with E-state index in [1.807, 2.05) is 6.92 Å². The van der Waals surface area contributed by atoms with Crippen LogP contribution >= 0.6 is 0 Å². The van der Waals surface area contributed by atoms with Crippen molar-refractivity contribution in [1.82, 2.24) is 5.32 Å². The number of unbranched alkanes of at least 4 members (excludes halogenated alkanes) is 1. The molecule has 84 valence electrons. The Morgan fingerprint density at radius 1 is 1.36 bits per heavy atom. The van der Waals surface area contributed by atoms with Gasteiger partial charge in [0.05, 0.1) is 0 Å². The molecule has 0 saturated carbocycles. The van der Waals surface area contributed by atoms with Gasteiger partial charge in [0.1, 0.15) is 0 Å². The molecule has 0 saturated heterocycles. The zero-order chi connectivity index (χ0) is 10.8. The molecule has 0 aliphatic rings. The molecule has 0 radical (unpaired) electrons. The first-order valence-corrected chi connectivity index (χ1v) is 5.51. The van der Waals surface area contributed by atoms with Crippen LogP contribution in [0.4, 0.5) is 0 Å². The van der Waals surface area contributed by atoms with Crippen LogP contribution in [0.1, 0.15) is 40.0 Å². The first kappa shape index (κ1) is 13.4. The van der Waals surface area contributed by atoms with Gasteiger partial charge in [-0.2, -0.15) is 0 Å². The van der Waals surface area contributed by atoms with Crippen molar-refractivity contribution < 1.29 is 9.53 Å². The lowest BCUT2D eigenvalue weighted by molar-refractivity contribution is -0.121. The number of carbonyl (C=O) groups is 1. The normalized spacial score (nSPS) is 10.6. The van der Waals surface area contributed by atoms with Gasteiger partial charge in [-0.15, -0.1) is 0 Å². The van der Waals surface area contributed by atoms with E-state index in [9.17, 15) is 4.79 Å². The van der Waals surface area contributed by atoms with Gasteiger partial charge in [0, 0.05) is 26.2 Å². The van der Waals surface area contributed by atoms with Gasteiger partial charge in [-0.05, 0) is 25.7 Å². The third kappa shape index (κ3) is 9.52. The summed E-state index contributed by atoms with van der Waals surface area (Å²) in [6, 6.07) is 0. The second-order valence-electron chi connectivity index (χ2n) is 3.85. The highest BCUT2D eigenvalue weighted by atomic mass is 16.5. The van der Waals surface area contributed by atoms with Crippen molar-refractivity contribution >= 4 is 5.91 Å². The first-order valence-electron chi connectivity index (χ1n) is 5.51. The SMILES string of the molecule is CCOCCCCC(=O)NCC(C)C. The van der Waals surface area contributed by atoms with Crippen molar-refractivity contribution in [2.75, 3.05) is 19.8 Å². The summed E-state index contributed by atoms with van der Waals surface area (Å²) in [4.78, 5) is 11.2. The van der Waals surface area contributed by atoms with Crippen molar-refractivity contribution in [3.05, 3.63) is 0 Å². The molecule has 0 unspecified atom stereocenters. The quantitative estimate of drug-likeness (QED) is 0.610. The number of rotatable bonds is 8. The smallest absolute Gasteiger partial charge is 0.220 e. The van der Waals surface area contributed by atoms with Gasteiger partial charge in [-0.25, -0.2) is 0 Å². The van der Waals surface area contributed by atoms with Gasteiger partial charge in [-0.3, -0.25) is 4.79 Å². The molecule has 0 heterocycles. The van der Waals surface area contributed by atoms with Crippen LogP contribution in [0.3, 0.4) is 0 Å². The molecule has 3 heteroatoms. The average Bonchev–Trinajstić information content (AvgIpc) is 2.14. The predicted octanol–water partition coefficient (Wildman–Crippen LogP) is 1.97. The molecule has 0 aliphatic heterocycles. The molecule has 0 aliphatic carbocycles. The van der Waals surface area contributed by atoms with Crippen LogP contribution in [0, 0.1) is 5.92 Å². The van der Waals surface area contributed by atoms with Crippen LogP contribution in [0.15, 0.2) is 0 Å². The third-order valence-electron chi connectivity index (χ3n) is 1.85.